The molecule has 1 atom stereocenters. The molecule has 0 aliphatic heterocycles. The summed E-state index contributed by atoms with van der Waals surface area (Å²) in [7, 11) is 0. The number of ether oxygens (including phenoxy) is 1. The minimum atomic E-state index is -0.220. The van der Waals surface area contributed by atoms with Crippen molar-refractivity contribution in [3.05, 3.63) is 12.2 Å². The Hall–Kier alpha value is -0.790. The summed E-state index contributed by atoms with van der Waals surface area (Å²) in [6.07, 6.45) is 5.95. The van der Waals surface area contributed by atoms with E-state index in [1.54, 1.807) is 0 Å². The molecule has 1 unspecified atom stereocenters. The second-order valence-electron chi connectivity index (χ2n) is 4.58. The topological polar surface area (TPSA) is 26.3 Å². The van der Waals surface area contributed by atoms with Crippen molar-refractivity contribution in [3.63, 3.8) is 0 Å². The zero-order valence-corrected chi connectivity index (χ0v) is 9.92. The molecule has 0 amide bonds. The van der Waals surface area contributed by atoms with Gasteiger partial charge in [0.2, 0.25) is 0 Å². The van der Waals surface area contributed by atoms with Gasteiger partial charge in [-0.2, -0.15) is 0 Å². The van der Waals surface area contributed by atoms with E-state index >= 15 is 0 Å². The summed E-state index contributed by atoms with van der Waals surface area (Å²) >= 11 is 0. The van der Waals surface area contributed by atoms with Crippen LogP contribution in [-0.2, 0) is 9.53 Å². The van der Waals surface area contributed by atoms with Gasteiger partial charge in [0, 0.05) is 5.57 Å². The lowest BCUT2D eigenvalue weighted by molar-refractivity contribution is -0.140. The van der Waals surface area contributed by atoms with Crippen LogP contribution in [0.15, 0.2) is 12.2 Å². The van der Waals surface area contributed by atoms with E-state index in [1.807, 2.05) is 6.92 Å². The quantitative estimate of drug-likeness (QED) is 0.514. The van der Waals surface area contributed by atoms with Gasteiger partial charge in [0.15, 0.2) is 0 Å². The Balaban J connectivity index is 2.23. The van der Waals surface area contributed by atoms with Crippen LogP contribution >= 0.6 is 0 Å². The van der Waals surface area contributed by atoms with Gasteiger partial charge < -0.3 is 4.74 Å². The molecule has 0 radical (unpaired) electrons. The molecule has 0 aromatic heterocycles. The molecule has 86 valence electrons. The lowest BCUT2D eigenvalue weighted by Gasteiger charge is -2.18. The molecule has 0 heterocycles. The van der Waals surface area contributed by atoms with Crippen molar-refractivity contribution in [2.75, 3.05) is 6.61 Å². The first-order valence-corrected chi connectivity index (χ1v) is 6.00. The Morgan fingerprint density at radius 2 is 2.07 bits per heavy atom. The average molecular weight is 210 g/mol. The molecule has 0 aromatic rings. The summed E-state index contributed by atoms with van der Waals surface area (Å²) in [6.45, 7) is 8.33. The Labute approximate surface area is 92.7 Å². The van der Waals surface area contributed by atoms with Gasteiger partial charge in [-0.15, -0.1) is 0 Å². The van der Waals surface area contributed by atoms with Crippen molar-refractivity contribution in [2.24, 2.45) is 11.8 Å². The Bertz CT molecular complexity index is 227. The van der Waals surface area contributed by atoms with Gasteiger partial charge in [-0.25, -0.2) is 4.79 Å². The fourth-order valence-electron chi connectivity index (χ4n) is 2.12. The van der Waals surface area contributed by atoms with E-state index in [-0.39, 0.29) is 5.97 Å². The number of hydrogen-bond acceptors (Lipinski definition) is 2. The minimum absolute atomic E-state index is 0.220. The van der Waals surface area contributed by atoms with Crippen LogP contribution in [0.3, 0.4) is 0 Å². The molecule has 1 rings (SSSR count). The molecule has 1 aliphatic rings. The highest BCUT2D eigenvalue weighted by Gasteiger charge is 2.22. The molecule has 0 bridgehead atoms. The van der Waals surface area contributed by atoms with Gasteiger partial charge in [-0.3, -0.25) is 0 Å². The van der Waals surface area contributed by atoms with Crippen molar-refractivity contribution in [1.29, 1.82) is 0 Å². The number of carbonyl (C=O) groups excluding carboxylic acids is 1. The smallest absolute Gasteiger partial charge is 0.333 e. The van der Waals surface area contributed by atoms with E-state index in [0.29, 0.717) is 24.5 Å². The zero-order chi connectivity index (χ0) is 11.3. The van der Waals surface area contributed by atoms with Crippen LogP contribution in [0.4, 0.5) is 0 Å². The van der Waals surface area contributed by atoms with Crippen molar-refractivity contribution in [1.82, 2.24) is 0 Å². The normalized spacial score (nSPS) is 18.8. The standard InChI is InChI=1S/C13H22O2/c1-4-10(2)13(14)15-9-11(3)12-7-5-6-8-12/h11-12H,2,4-9H2,1,3H3. The molecule has 1 aliphatic carbocycles. The predicted molar refractivity (Wildman–Crippen MR) is 61.5 cm³/mol. The third-order valence-corrected chi connectivity index (χ3v) is 3.40. The Kier molecular flexibility index (Phi) is 4.86. The van der Waals surface area contributed by atoms with E-state index in [2.05, 4.69) is 13.5 Å². The van der Waals surface area contributed by atoms with Crippen molar-refractivity contribution in [3.8, 4) is 0 Å². The van der Waals surface area contributed by atoms with E-state index in [0.717, 1.165) is 5.92 Å². The summed E-state index contributed by atoms with van der Waals surface area (Å²) in [4.78, 5) is 11.4. The van der Waals surface area contributed by atoms with Crippen molar-refractivity contribution < 1.29 is 9.53 Å². The molecule has 15 heavy (non-hydrogen) atoms. The van der Waals surface area contributed by atoms with Crippen LogP contribution in [0.2, 0.25) is 0 Å². The second-order valence-corrected chi connectivity index (χ2v) is 4.58. The highest BCUT2D eigenvalue weighted by atomic mass is 16.5. The molecule has 0 aromatic carbocycles. The number of hydrogen-bond donors (Lipinski definition) is 0. The maximum atomic E-state index is 11.4. The van der Waals surface area contributed by atoms with Crippen molar-refractivity contribution in [2.45, 2.75) is 46.0 Å². The van der Waals surface area contributed by atoms with Gasteiger partial charge in [-0.1, -0.05) is 46.1 Å². The van der Waals surface area contributed by atoms with E-state index in [9.17, 15) is 4.79 Å². The van der Waals surface area contributed by atoms with Gasteiger partial charge in [0.05, 0.1) is 6.61 Å². The molecule has 1 fully saturated rings. The zero-order valence-electron chi connectivity index (χ0n) is 9.92. The monoisotopic (exact) mass is 210 g/mol. The molecular weight excluding hydrogens is 188 g/mol. The first kappa shape index (κ1) is 12.3. The Morgan fingerprint density at radius 3 is 2.60 bits per heavy atom. The largest absolute Gasteiger partial charge is 0.462 e. The molecule has 2 heteroatoms. The number of rotatable bonds is 5. The molecule has 0 N–H and O–H groups in total. The predicted octanol–water partition coefficient (Wildman–Crippen LogP) is 3.32. The second kappa shape index (κ2) is 5.94. The average Bonchev–Trinajstić information content (AvgIpc) is 2.77. The van der Waals surface area contributed by atoms with E-state index < -0.39 is 0 Å². The van der Waals surface area contributed by atoms with Crippen LogP contribution in [0.25, 0.3) is 0 Å². The van der Waals surface area contributed by atoms with Crippen LogP contribution < -0.4 is 0 Å². The fourth-order valence-corrected chi connectivity index (χ4v) is 2.12. The SMILES string of the molecule is C=C(CC)C(=O)OCC(C)C1CCCC1. The molecule has 0 saturated heterocycles. The van der Waals surface area contributed by atoms with Crippen LogP contribution in [0, 0.1) is 11.8 Å². The molecule has 1 saturated carbocycles. The maximum absolute atomic E-state index is 11.4. The number of carbonyl (C=O) groups is 1. The third-order valence-electron chi connectivity index (χ3n) is 3.40. The fraction of sp³-hybridized carbons (Fsp3) is 0.769. The van der Waals surface area contributed by atoms with Crippen molar-refractivity contribution >= 4 is 5.97 Å². The van der Waals surface area contributed by atoms with Crippen LogP contribution in [0.5, 0.6) is 0 Å². The third kappa shape index (κ3) is 3.69. The maximum Gasteiger partial charge on any atom is 0.333 e. The molecule has 2 nitrogen and oxygen atoms in total. The lowest BCUT2D eigenvalue weighted by atomic mass is 9.93. The van der Waals surface area contributed by atoms with Gasteiger partial charge in [-0.05, 0) is 18.3 Å². The summed E-state index contributed by atoms with van der Waals surface area (Å²) in [5.74, 6) is 1.04. The molecule has 0 spiro atoms. The lowest BCUT2D eigenvalue weighted by Crippen LogP contribution is -2.18. The minimum Gasteiger partial charge on any atom is -0.462 e. The highest BCUT2D eigenvalue weighted by Crippen LogP contribution is 2.31. The summed E-state index contributed by atoms with van der Waals surface area (Å²) in [6, 6.07) is 0. The number of esters is 1. The summed E-state index contributed by atoms with van der Waals surface area (Å²) in [5.41, 5.74) is 0.577. The first-order valence-electron chi connectivity index (χ1n) is 6.00. The summed E-state index contributed by atoms with van der Waals surface area (Å²) < 4.78 is 5.23. The first-order chi connectivity index (χ1) is 7.15. The van der Waals surface area contributed by atoms with Crippen LogP contribution in [0.1, 0.15) is 46.0 Å². The van der Waals surface area contributed by atoms with E-state index in [1.165, 1.54) is 25.7 Å². The van der Waals surface area contributed by atoms with Gasteiger partial charge >= 0.3 is 5.97 Å². The highest BCUT2D eigenvalue weighted by molar-refractivity contribution is 5.87. The van der Waals surface area contributed by atoms with Crippen LogP contribution in [-0.4, -0.2) is 12.6 Å². The van der Waals surface area contributed by atoms with E-state index in [4.69, 9.17) is 4.74 Å². The van der Waals surface area contributed by atoms with Gasteiger partial charge in [0.1, 0.15) is 0 Å². The molecular formula is C13H22O2. The Morgan fingerprint density at radius 1 is 1.47 bits per heavy atom. The van der Waals surface area contributed by atoms with Gasteiger partial charge in [0.25, 0.3) is 0 Å². The summed E-state index contributed by atoms with van der Waals surface area (Å²) in [5, 5.41) is 0.